The highest BCUT2D eigenvalue weighted by atomic mass is 19.4. The van der Waals surface area contributed by atoms with Gasteiger partial charge in [-0.3, -0.25) is 9.59 Å². The third-order valence-corrected chi connectivity index (χ3v) is 5.92. The molecule has 2 aromatic carbocycles. The van der Waals surface area contributed by atoms with Gasteiger partial charge in [0, 0.05) is 18.2 Å². The maximum atomic E-state index is 13.5. The predicted octanol–water partition coefficient (Wildman–Crippen LogP) is 5.02. The number of halogens is 3. The van der Waals surface area contributed by atoms with Crippen LogP contribution >= 0.6 is 0 Å². The van der Waals surface area contributed by atoms with Crippen molar-refractivity contribution in [3.63, 3.8) is 0 Å². The van der Waals surface area contributed by atoms with Gasteiger partial charge in [0.2, 0.25) is 5.41 Å². The number of carbonyl (C=O) groups excluding carboxylic acids is 2. The highest BCUT2D eigenvalue weighted by Gasteiger charge is 2.53. The lowest BCUT2D eigenvalue weighted by Crippen LogP contribution is -2.49. The summed E-state index contributed by atoms with van der Waals surface area (Å²) in [5, 5.41) is 4.38. The first-order chi connectivity index (χ1) is 17.7. The zero-order valence-corrected chi connectivity index (χ0v) is 20.2. The molecule has 4 rings (SSSR count). The summed E-state index contributed by atoms with van der Waals surface area (Å²) in [6, 6.07) is 15.0. The molecule has 192 valence electrons. The second kappa shape index (κ2) is 10.4. The molecule has 0 bridgehead atoms. The van der Waals surface area contributed by atoms with E-state index in [1.54, 1.807) is 38.1 Å². The SMILES string of the molecule is CCOC(=O)C(Cc1ccccc1)(C(=O)OCC)c1ccnc2c(-c3ccc(C(F)(F)F)cc3)cnn12. The van der Waals surface area contributed by atoms with E-state index in [2.05, 4.69) is 10.1 Å². The summed E-state index contributed by atoms with van der Waals surface area (Å²) in [5.74, 6) is -1.62. The van der Waals surface area contributed by atoms with Crippen LogP contribution in [0.3, 0.4) is 0 Å². The smallest absolute Gasteiger partial charge is 0.416 e. The Bertz CT molecular complexity index is 1380. The molecule has 37 heavy (non-hydrogen) atoms. The van der Waals surface area contributed by atoms with E-state index in [1.165, 1.54) is 35.1 Å². The zero-order chi connectivity index (χ0) is 26.6. The topological polar surface area (TPSA) is 82.8 Å². The Hall–Kier alpha value is -4.21. The molecule has 0 spiro atoms. The molecule has 0 saturated carbocycles. The average Bonchev–Trinajstić information content (AvgIpc) is 3.32. The molecule has 0 fully saturated rings. The van der Waals surface area contributed by atoms with Crippen LogP contribution in [0.5, 0.6) is 0 Å². The van der Waals surface area contributed by atoms with Gasteiger partial charge in [-0.1, -0.05) is 42.5 Å². The van der Waals surface area contributed by atoms with E-state index in [1.807, 2.05) is 6.07 Å². The molecule has 0 saturated heterocycles. The lowest BCUT2D eigenvalue weighted by Gasteiger charge is -2.29. The van der Waals surface area contributed by atoms with E-state index in [4.69, 9.17) is 9.47 Å². The van der Waals surface area contributed by atoms with E-state index in [0.29, 0.717) is 16.7 Å². The summed E-state index contributed by atoms with van der Waals surface area (Å²) in [5.41, 5.74) is -0.736. The molecule has 0 aliphatic carbocycles. The number of alkyl halides is 3. The van der Waals surface area contributed by atoms with Crippen molar-refractivity contribution in [2.75, 3.05) is 13.2 Å². The monoisotopic (exact) mass is 511 g/mol. The lowest BCUT2D eigenvalue weighted by molar-refractivity contribution is -0.165. The predicted molar refractivity (Wildman–Crippen MR) is 129 cm³/mol. The minimum Gasteiger partial charge on any atom is -0.465 e. The number of fused-ring (bicyclic) bond motifs is 1. The number of benzene rings is 2. The van der Waals surface area contributed by atoms with E-state index in [-0.39, 0.29) is 31.0 Å². The van der Waals surface area contributed by atoms with Gasteiger partial charge in [-0.2, -0.15) is 18.3 Å². The van der Waals surface area contributed by atoms with Gasteiger partial charge in [0.05, 0.1) is 30.7 Å². The van der Waals surface area contributed by atoms with Crippen LogP contribution < -0.4 is 0 Å². The Morgan fingerprint density at radius 2 is 1.51 bits per heavy atom. The summed E-state index contributed by atoms with van der Waals surface area (Å²) in [6.07, 6.45) is -1.70. The normalized spacial score (nSPS) is 11.9. The highest BCUT2D eigenvalue weighted by molar-refractivity contribution is 6.06. The molecule has 0 amide bonds. The second-order valence-electron chi connectivity index (χ2n) is 8.21. The molecule has 7 nitrogen and oxygen atoms in total. The van der Waals surface area contributed by atoms with Gasteiger partial charge < -0.3 is 9.47 Å². The number of hydrogen-bond acceptors (Lipinski definition) is 6. The van der Waals surface area contributed by atoms with Crippen LogP contribution in [0, 0.1) is 0 Å². The lowest BCUT2D eigenvalue weighted by atomic mass is 9.78. The van der Waals surface area contributed by atoms with Crippen molar-refractivity contribution in [1.82, 2.24) is 14.6 Å². The molecular formula is C27H24F3N3O4. The highest BCUT2D eigenvalue weighted by Crippen LogP contribution is 2.35. The molecule has 0 unspecified atom stereocenters. The molecule has 10 heteroatoms. The molecule has 0 N–H and O–H groups in total. The molecule has 0 atom stereocenters. The first kappa shape index (κ1) is 25.9. The van der Waals surface area contributed by atoms with E-state index < -0.39 is 29.1 Å². The fourth-order valence-corrected chi connectivity index (χ4v) is 4.20. The molecule has 4 aromatic rings. The number of carbonyl (C=O) groups is 2. The van der Waals surface area contributed by atoms with Crippen LogP contribution in [-0.2, 0) is 37.1 Å². The third kappa shape index (κ3) is 4.91. The third-order valence-electron chi connectivity index (χ3n) is 5.92. The Morgan fingerprint density at radius 3 is 2.08 bits per heavy atom. The summed E-state index contributed by atoms with van der Waals surface area (Å²) >= 11 is 0. The fourth-order valence-electron chi connectivity index (χ4n) is 4.20. The van der Waals surface area contributed by atoms with Crippen molar-refractivity contribution in [3.05, 3.63) is 89.9 Å². The zero-order valence-electron chi connectivity index (χ0n) is 20.2. The quantitative estimate of drug-likeness (QED) is 0.244. The Labute approximate surface area is 210 Å². The van der Waals surface area contributed by atoms with Gasteiger partial charge in [-0.15, -0.1) is 0 Å². The van der Waals surface area contributed by atoms with Crippen molar-refractivity contribution >= 4 is 17.6 Å². The Kier molecular flexibility index (Phi) is 7.28. The maximum absolute atomic E-state index is 13.5. The summed E-state index contributed by atoms with van der Waals surface area (Å²) < 4.78 is 51.2. The van der Waals surface area contributed by atoms with E-state index in [9.17, 15) is 22.8 Å². The first-order valence-electron chi connectivity index (χ1n) is 11.6. The van der Waals surface area contributed by atoms with Crippen LogP contribution in [0.25, 0.3) is 16.8 Å². The van der Waals surface area contributed by atoms with Crippen molar-refractivity contribution in [3.8, 4) is 11.1 Å². The fraction of sp³-hybridized carbons (Fsp3) is 0.259. The minimum absolute atomic E-state index is 0.0267. The molecule has 2 aromatic heterocycles. The first-order valence-corrected chi connectivity index (χ1v) is 11.6. The number of rotatable bonds is 8. The number of ether oxygens (including phenoxy) is 2. The number of esters is 2. The van der Waals surface area contributed by atoms with Crippen molar-refractivity contribution in [2.24, 2.45) is 0 Å². The molecule has 0 radical (unpaired) electrons. The standard InChI is InChI=1S/C27H24F3N3O4/c1-3-36-24(34)26(25(35)37-4-2,16-18-8-6-5-7-9-18)22-14-15-31-23-21(17-32-33(22)23)19-10-12-20(13-11-19)27(28,29)30/h5-15,17H,3-4,16H2,1-2H3. The molecule has 2 heterocycles. The van der Waals surface area contributed by atoms with Crippen LogP contribution in [0.15, 0.2) is 73.1 Å². The van der Waals surface area contributed by atoms with Gasteiger partial charge in [-0.05, 0) is 43.2 Å². The van der Waals surface area contributed by atoms with Gasteiger partial charge >= 0.3 is 18.1 Å². The van der Waals surface area contributed by atoms with E-state index >= 15 is 0 Å². The molecule has 0 aliphatic heterocycles. The Balaban J connectivity index is 1.92. The molecule has 0 aliphatic rings. The van der Waals surface area contributed by atoms with Crippen LogP contribution in [-0.4, -0.2) is 39.8 Å². The number of aromatic nitrogens is 3. The van der Waals surface area contributed by atoms with Gasteiger partial charge in [0.25, 0.3) is 0 Å². The minimum atomic E-state index is -4.47. The maximum Gasteiger partial charge on any atom is 0.416 e. The van der Waals surface area contributed by atoms with Gasteiger partial charge in [0.15, 0.2) is 5.65 Å². The summed E-state index contributed by atoms with van der Waals surface area (Å²) in [4.78, 5) is 31.4. The van der Waals surface area contributed by atoms with Crippen LogP contribution in [0.1, 0.15) is 30.7 Å². The summed E-state index contributed by atoms with van der Waals surface area (Å²) in [7, 11) is 0. The summed E-state index contributed by atoms with van der Waals surface area (Å²) in [6.45, 7) is 3.32. The Morgan fingerprint density at radius 1 is 0.892 bits per heavy atom. The van der Waals surface area contributed by atoms with Crippen molar-refractivity contribution in [2.45, 2.75) is 31.9 Å². The second-order valence-corrected chi connectivity index (χ2v) is 8.21. The number of nitrogens with zero attached hydrogens (tertiary/aromatic N) is 3. The van der Waals surface area contributed by atoms with Gasteiger partial charge in [0.1, 0.15) is 0 Å². The van der Waals surface area contributed by atoms with Crippen LogP contribution in [0.2, 0.25) is 0 Å². The largest absolute Gasteiger partial charge is 0.465 e. The van der Waals surface area contributed by atoms with Gasteiger partial charge in [-0.25, -0.2) is 9.50 Å². The average molecular weight is 512 g/mol. The molecular weight excluding hydrogens is 487 g/mol. The van der Waals surface area contributed by atoms with Crippen molar-refractivity contribution < 1.29 is 32.2 Å². The van der Waals surface area contributed by atoms with Crippen LogP contribution in [0.4, 0.5) is 13.2 Å². The van der Waals surface area contributed by atoms with Crippen molar-refractivity contribution in [1.29, 1.82) is 0 Å². The van der Waals surface area contributed by atoms with E-state index in [0.717, 1.165) is 12.1 Å². The number of hydrogen-bond donors (Lipinski definition) is 0.